The van der Waals surface area contributed by atoms with E-state index in [1.54, 1.807) is 36.9 Å². The lowest BCUT2D eigenvalue weighted by Crippen LogP contribution is -2.49. The van der Waals surface area contributed by atoms with Crippen LogP contribution in [0.2, 0.25) is 0 Å². The van der Waals surface area contributed by atoms with E-state index >= 15 is 0 Å². The first-order valence-corrected chi connectivity index (χ1v) is 8.65. The van der Waals surface area contributed by atoms with Crippen LogP contribution in [0.25, 0.3) is 0 Å². The summed E-state index contributed by atoms with van der Waals surface area (Å²) in [6.45, 7) is 3.89. The van der Waals surface area contributed by atoms with Gasteiger partial charge in [0.1, 0.15) is 5.82 Å². The molecule has 2 amide bonds. The molecule has 7 heteroatoms. The molecule has 1 aliphatic rings. The lowest BCUT2D eigenvalue weighted by Gasteiger charge is -2.33. The van der Waals surface area contributed by atoms with Crippen molar-refractivity contribution in [3.63, 3.8) is 0 Å². The molecule has 0 radical (unpaired) electrons. The van der Waals surface area contributed by atoms with Crippen molar-refractivity contribution in [1.29, 1.82) is 0 Å². The smallest absolute Gasteiger partial charge is 0.306 e. The van der Waals surface area contributed by atoms with Gasteiger partial charge in [0, 0.05) is 25.7 Å². The summed E-state index contributed by atoms with van der Waals surface area (Å²) in [5.41, 5.74) is -0.817. The first-order chi connectivity index (χ1) is 12.1. The summed E-state index contributed by atoms with van der Waals surface area (Å²) in [6.07, 6.45) is 0.832. The van der Waals surface area contributed by atoms with E-state index in [0.717, 1.165) is 0 Å². The highest BCUT2D eigenvalue weighted by Crippen LogP contribution is 2.27. The zero-order valence-corrected chi connectivity index (χ0v) is 15.4. The van der Waals surface area contributed by atoms with Crippen molar-refractivity contribution in [2.75, 3.05) is 26.7 Å². The van der Waals surface area contributed by atoms with Gasteiger partial charge in [-0.05, 0) is 32.8 Å². The maximum absolute atomic E-state index is 14.1. The van der Waals surface area contributed by atoms with Crippen LogP contribution in [0.15, 0.2) is 24.3 Å². The molecule has 6 nitrogen and oxygen atoms in total. The molecule has 1 aromatic rings. The third-order valence-corrected chi connectivity index (χ3v) is 5.00. The Morgan fingerprint density at radius 1 is 1.23 bits per heavy atom. The highest BCUT2D eigenvalue weighted by molar-refractivity contribution is 5.91. The van der Waals surface area contributed by atoms with Crippen LogP contribution in [0.3, 0.4) is 0 Å². The lowest BCUT2D eigenvalue weighted by molar-refractivity contribution is -0.147. The molecule has 0 atom stereocenters. The van der Waals surface area contributed by atoms with Gasteiger partial charge in [0.15, 0.2) is 0 Å². The minimum Gasteiger partial charge on any atom is -0.481 e. The van der Waals surface area contributed by atoms with E-state index in [1.807, 2.05) is 0 Å². The topological polar surface area (TPSA) is 77.9 Å². The van der Waals surface area contributed by atoms with E-state index in [-0.39, 0.29) is 23.9 Å². The predicted molar refractivity (Wildman–Crippen MR) is 94.0 cm³/mol. The van der Waals surface area contributed by atoms with E-state index in [1.165, 1.54) is 18.0 Å². The normalized spacial score (nSPS) is 15.6. The third-order valence-electron chi connectivity index (χ3n) is 5.00. The van der Waals surface area contributed by atoms with Crippen molar-refractivity contribution in [2.24, 2.45) is 5.92 Å². The van der Waals surface area contributed by atoms with Crippen LogP contribution in [0.1, 0.15) is 32.3 Å². The van der Waals surface area contributed by atoms with Crippen molar-refractivity contribution >= 4 is 17.8 Å². The Hall–Kier alpha value is -2.44. The second-order valence-corrected chi connectivity index (χ2v) is 7.26. The van der Waals surface area contributed by atoms with E-state index in [2.05, 4.69) is 0 Å². The Kier molecular flexibility index (Phi) is 6.00. The molecule has 0 spiro atoms. The van der Waals surface area contributed by atoms with Gasteiger partial charge >= 0.3 is 5.97 Å². The van der Waals surface area contributed by atoms with E-state index in [0.29, 0.717) is 25.9 Å². The molecule has 0 unspecified atom stereocenters. The van der Waals surface area contributed by atoms with Crippen LogP contribution in [-0.4, -0.2) is 59.4 Å². The van der Waals surface area contributed by atoms with Gasteiger partial charge in [-0.15, -0.1) is 0 Å². The van der Waals surface area contributed by atoms with Crippen LogP contribution >= 0.6 is 0 Å². The zero-order valence-electron chi connectivity index (χ0n) is 15.4. The minimum absolute atomic E-state index is 0.117. The van der Waals surface area contributed by atoms with Crippen LogP contribution in [0, 0.1) is 11.7 Å². The van der Waals surface area contributed by atoms with E-state index in [4.69, 9.17) is 5.11 Å². The first-order valence-electron chi connectivity index (χ1n) is 8.65. The van der Waals surface area contributed by atoms with Gasteiger partial charge in [-0.2, -0.15) is 0 Å². The zero-order chi connectivity index (χ0) is 19.5. The molecular formula is C19H25FN2O4. The quantitative estimate of drug-likeness (QED) is 0.865. The number of piperidine rings is 1. The van der Waals surface area contributed by atoms with Crippen molar-refractivity contribution in [3.05, 3.63) is 35.6 Å². The number of rotatable bonds is 5. The Labute approximate surface area is 152 Å². The number of hydrogen-bond acceptors (Lipinski definition) is 3. The van der Waals surface area contributed by atoms with Gasteiger partial charge in [0.25, 0.3) is 0 Å². The Bertz CT molecular complexity index is 697. The summed E-state index contributed by atoms with van der Waals surface area (Å²) in [5, 5.41) is 9.01. The van der Waals surface area contributed by atoms with Gasteiger partial charge in [-0.1, -0.05) is 18.2 Å². The van der Waals surface area contributed by atoms with Crippen LogP contribution in [0.5, 0.6) is 0 Å². The molecule has 0 aliphatic carbocycles. The van der Waals surface area contributed by atoms with Gasteiger partial charge in [-0.3, -0.25) is 14.4 Å². The Balaban J connectivity index is 1.99. The fraction of sp³-hybridized carbons (Fsp3) is 0.526. The number of carboxylic acids is 1. The van der Waals surface area contributed by atoms with Crippen molar-refractivity contribution in [2.45, 2.75) is 32.1 Å². The van der Waals surface area contributed by atoms with Crippen LogP contribution < -0.4 is 0 Å². The molecular weight excluding hydrogens is 339 g/mol. The minimum atomic E-state index is -1.10. The fourth-order valence-corrected chi connectivity index (χ4v) is 3.31. The average molecular weight is 364 g/mol. The lowest BCUT2D eigenvalue weighted by atomic mass is 9.83. The van der Waals surface area contributed by atoms with Gasteiger partial charge in [0.2, 0.25) is 11.8 Å². The van der Waals surface area contributed by atoms with Crippen LogP contribution in [0.4, 0.5) is 4.39 Å². The number of carbonyl (C=O) groups excluding carboxylic acids is 2. The summed E-state index contributed by atoms with van der Waals surface area (Å²) in [7, 11) is 1.52. The molecule has 0 saturated carbocycles. The number of halogens is 1. The van der Waals surface area contributed by atoms with E-state index in [9.17, 15) is 18.8 Å². The van der Waals surface area contributed by atoms with Gasteiger partial charge < -0.3 is 14.9 Å². The number of nitrogens with zero attached hydrogens (tertiary/aromatic N) is 2. The molecule has 0 aromatic heterocycles. The highest BCUT2D eigenvalue weighted by Gasteiger charge is 2.36. The summed E-state index contributed by atoms with van der Waals surface area (Å²) in [4.78, 5) is 39.1. The maximum Gasteiger partial charge on any atom is 0.306 e. The maximum atomic E-state index is 14.1. The average Bonchev–Trinajstić information content (AvgIpc) is 2.61. The number of carboxylic acid groups (broad SMARTS) is 1. The van der Waals surface area contributed by atoms with Crippen molar-refractivity contribution in [1.82, 2.24) is 9.80 Å². The first kappa shape index (κ1) is 19.9. The second kappa shape index (κ2) is 7.85. The molecule has 1 heterocycles. The molecule has 1 aromatic carbocycles. The number of benzene rings is 1. The predicted octanol–water partition coefficient (Wildman–Crippen LogP) is 1.88. The summed E-state index contributed by atoms with van der Waals surface area (Å²) in [5.74, 6) is -2.29. The van der Waals surface area contributed by atoms with Gasteiger partial charge in [-0.25, -0.2) is 4.39 Å². The van der Waals surface area contributed by atoms with Crippen molar-refractivity contribution in [3.8, 4) is 0 Å². The second-order valence-electron chi connectivity index (χ2n) is 7.26. The molecule has 2 rings (SSSR count). The molecule has 1 saturated heterocycles. The Morgan fingerprint density at radius 3 is 2.35 bits per heavy atom. The molecule has 142 valence electrons. The highest BCUT2D eigenvalue weighted by atomic mass is 19.1. The summed E-state index contributed by atoms with van der Waals surface area (Å²) < 4.78 is 14.1. The van der Waals surface area contributed by atoms with Crippen molar-refractivity contribution < 1.29 is 23.9 Å². The van der Waals surface area contributed by atoms with Crippen LogP contribution in [-0.2, 0) is 19.8 Å². The SMILES string of the molecule is CN(CC(=O)N1CCC(C(=O)O)CC1)C(=O)C(C)(C)c1ccccc1F. The molecule has 1 fully saturated rings. The number of hydrogen-bond donors (Lipinski definition) is 1. The summed E-state index contributed by atoms with van der Waals surface area (Å²) >= 11 is 0. The number of likely N-dealkylation sites (N-methyl/N-ethyl adjacent to an activating group) is 1. The largest absolute Gasteiger partial charge is 0.481 e. The number of amides is 2. The van der Waals surface area contributed by atoms with Gasteiger partial charge in [0.05, 0.1) is 17.9 Å². The molecule has 0 bridgehead atoms. The molecule has 1 aliphatic heterocycles. The molecule has 1 N–H and O–H groups in total. The Morgan fingerprint density at radius 2 is 1.81 bits per heavy atom. The fourth-order valence-electron chi connectivity index (χ4n) is 3.31. The monoisotopic (exact) mass is 364 g/mol. The summed E-state index contributed by atoms with van der Waals surface area (Å²) in [6, 6.07) is 6.11. The van der Waals surface area contributed by atoms with E-state index < -0.39 is 23.1 Å². The number of aliphatic carboxylic acids is 1. The standard InChI is InChI=1S/C19H25FN2O4/c1-19(2,14-6-4-5-7-15(14)20)18(26)21(3)12-16(23)22-10-8-13(9-11-22)17(24)25/h4-7,13H,8-12H2,1-3H3,(H,24,25). The third kappa shape index (κ3) is 4.20. The number of likely N-dealkylation sites (tertiary alicyclic amines) is 1. The number of carbonyl (C=O) groups is 3. The molecule has 26 heavy (non-hydrogen) atoms.